The summed E-state index contributed by atoms with van der Waals surface area (Å²) in [4.78, 5) is 19.4. The third-order valence-corrected chi connectivity index (χ3v) is 5.36. The first kappa shape index (κ1) is 20.3. The maximum absolute atomic E-state index is 13.9. The van der Waals surface area contributed by atoms with Crippen molar-refractivity contribution in [2.75, 3.05) is 32.8 Å². The molecule has 1 saturated heterocycles. The lowest BCUT2D eigenvalue weighted by atomic mass is 10.0. The Morgan fingerprint density at radius 1 is 1.23 bits per heavy atom. The van der Waals surface area contributed by atoms with Gasteiger partial charge >= 0.3 is 0 Å². The van der Waals surface area contributed by atoms with Crippen LogP contribution in [0.3, 0.4) is 0 Å². The van der Waals surface area contributed by atoms with Crippen molar-refractivity contribution < 1.29 is 13.9 Å². The first-order chi connectivity index (χ1) is 14.6. The molecule has 0 bridgehead atoms. The molecule has 2 aromatic carbocycles. The van der Waals surface area contributed by atoms with Crippen LogP contribution in [0.4, 0.5) is 4.39 Å². The van der Waals surface area contributed by atoms with Gasteiger partial charge in [0.2, 0.25) is 0 Å². The molecule has 6 nitrogen and oxygen atoms in total. The van der Waals surface area contributed by atoms with Gasteiger partial charge < -0.3 is 14.6 Å². The van der Waals surface area contributed by atoms with Gasteiger partial charge in [-0.2, -0.15) is 0 Å². The summed E-state index contributed by atoms with van der Waals surface area (Å²) in [5, 5.41) is 3.07. The highest BCUT2D eigenvalue weighted by Crippen LogP contribution is 2.23. The van der Waals surface area contributed by atoms with Gasteiger partial charge in [0, 0.05) is 32.0 Å². The lowest BCUT2D eigenvalue weighted by molar-refractivity contribution is 0.0162. The average molecular weight is 408 g/mol. The normalized spacial score (nSPS) is 15.7. The van der Waals surface area contributed by atoms with Crippen molar-refractivity contribution in [3.05, 3.63) is 83.7 Å². The number of aryl methyl sites for hydroxylation is 1. The lowest BCUT2D eigenvalue weighted by Gasteiger charge is -2.35. The molecule has 0 saturated carbocycles. The molecule has 156 valence electrons. The number of halogens is 1. The van der Waals surface area contributed by atoms with Crippen LogP contribution in [0.25, 0.3) is 5.69 Å². The molecule has 1 atom stereocenters. The predicted octanol–water partition coefficient (Wildman–Crippen LogP) is 3.12. The van der Waals surface area contributed by atoms with Crippen molar-refractivity contribution in [3.8, 4) is 5.69 Å². The molecule has 4 rings (SSSR count). The van der Waals surface area contributed by atoms with Crippen LogP contribution < -0.4 is 5.32 Å². The number of benzene rings is 2. The number of aromatic nitrogens is 2. The Hall–Kier alpha value is -3.03. The van der Waals surface area contributed by atoms with Gasteiger partial charge in [0.25, 0.3) is 5.91 Å². The zero-order chi connectivity index (χ0) is 20.9. The minimum Gasteiger partial charge on any atom is -0.379 e. The summed E-state index contributed by atoms with van der Waals surface area (Å²) in [7, 11) is 0. The van der Waals surface area contributed by atoms with Crippen molar-refractivity contribution in [1.29, 1.82) is 0 Å². The van der Waals surface area contributed by atoms with Crippen LogP contribution in [-0.4, -0.2) is 53.2 Å². The summed E-state index contributed by atoms with van der Waals surface area (Å²) in [5.74, 6) is -0.449. The molecule has 1 N–H and O–H groups in total. The van der Waals surface area contributed by atoms with Crippen LogP contribution >= 0.6 is 0 Å². The second-order valence-corrected chi connectivity index (χ2v) is 7.42. The number of amides is 1. The van der Waals surface area contributed by atoms with Gasteiger partial charge in [0.1, 0.15) is 5.82 Å². The second-order valence-electron chi connectivity index (χ2n) is 7.42. The Balaban J connectivity index is 1.57. The third kappa shape index (κ3) is 4.58. The van der Waals surface area contributed by atoms with Crippen LogP contribution in [0.1, 0.15) is 27.5 Å². The summed E-state index contributed by atoms with van der Waals surface area (Å²) >= 11 is 0. The number of hydrogen-bond acceptors (Lipinski definition) is 4. The SMILES string of the molecule is Cc1ccc(-n2ccnc2)c(C(=O)NCC(c2cccc(F)c2)N2CCOCC2)c1. The van der Waals surface area contributed by atoms with E-state index in [2.05, 4.69) is 15.2 Å². The summed E-state index contributed by atoms with van der Waals surface area (Å²) in [6.07, 6.45) is 5.16. The molecule has 7 heteroatoms. The zero-order valence-electron chi connectivity index (χ0n) is 16.9. The van der Waals surface area contributed by atoms with Gasteiger partial charge in [-0.05, 0) is 36.8 Å². The van der Waals surface area contributed by atoms with Crippen molar-refractivity contribution in [2.45, 2.75) is 13.0 Å². The first-order valence-electron chi connectivity index (χ1n) is 10.1. The molecule has 0 radical (unpaired) electrons. The van der Waals surface area contributed by atoms with Gasteiger partial charge in [0.05, 0.1) is 36.8 Å². The van der Waals surface area contributed by atoms with Crippen molar-refractivity contribution in [1.82, 2.24) is 19.8 Å². The first-order valence-corrected chi connectivity index (χ1v) is 10.1. The molecule has 0 spiro atoms. The molecule has 3 aromatic rings. The van der Waals surface area contributed by atoms with Crippen molar-refractivity contribution >= 4 is 5.91 Å². The van der Waals surface area contributed by atoms with E-state index < -0.39 is 0 Å². The number of nitrogens with one attached hydrogen (secondary N) is 1. The number of rotatable bonds is 6. The molecule has 30 heavy (non-hydrogen) atoms. The van der Waals surface area contributed by atoms with E-state index in [1.54, 1.807) is 18.6 Å². The summed E-state index contributed by atoms with van der Waals surface area (Å²) in [6, 6.07) is 12.2. The number of carbonyl (C=O) groups excluding carboxylic acids is 1. The number of ether oxygens (including phenoxy) is 1. The average Bonchev–Trinajstić information content (AvgIpc) is 3.29. The zero-order valence-corrected chi connectivity index (χ0v) is 16.9. The fourth-order valence-corrected chi connectivity index (χ4v) is 3.80. The van der Waals surface area contributed by atoms with Crippen molar-refractivity contribution in [3.63, 3.8) is 0 Å². The van der Waals surface area contributed by atoms with Crippen LogP contribution in [0.5, 0.6) is 0 Å². The molecule has 1 unspecified atom stereocenters. The van der Waals surface area contributed by atoms with Gasteiger partial charge in [-0.1, -0.05) is 23.8 Å². The lowest BCUT2D eigenvalue weighted by Crippen LogP contribution is -2.44. The van der Waals surface area contributed by atoms with E-state index in [0.29, 0.717) is 25.3 Å². The largest absolute Gasteiger partial charge is 0.379 e. The third-order valence-electron chi connectivity index (χ3n) is 5.36. The smallest absolute Gasteiger partial charge is 0.253 e. The molecular weight excluding hydrogens is 383 g/mol. The quantitative estimate of drug-likeness (QED) is 0.681. The minimum absolute atomic E-state index is 0.130. The predicted molar refractivity (Wildman–Crippen MR) is 112 cm³/mol. The fraction of sp³-hybridized carbons (Fsp3) is 0.304. The number of hydrogen-bond donors (Lipinski definition) is 1. The molecule has 2 heterocycles. The van der Waals surface area contributed by atoms with E-state index in [4.69, 9.17) is 4.74 Å². The van der Waals surface area contributed by atoms with E-state index >= 15 is 0 Å². The summed E-state index contributed by atoms with van der Waals surface area (Å²) in [5.41, 5.74) is 3.19. The maximum Gasteiger partial charge on any atom is 0.253 e. The molecule has 1 aliphatic heterocycles. The van der Waals surface area contributed by atoms with E-state index in [1.165, 1.54) is 12.1 Å². The topological polar surface area (TPSA) is 59.4 Å². The van der Waals surface area contributed by atoms with Gasteiger partial charge in [-0.3, -0.25) is 9.69 Å². The van der Waals surface area contributed by atoms with E-state index in [-0.39, 0.29) is 17.8 Å². The minimum atomic E-state index is -0.279. The Labute approximate surface area is 175 Å². The fourth-order valence-electron chi connectivity index (χ4n) is 3.80. The Bertz CT molecular complexity index is 1000. The summed E-state index contributed by atoms with van der Waals surface area (Å²) in [6.45, 7) is 5.06. The second kappa shape index (κ2) is 9.19. The van der Waals surface area contributed by atoms with Gasteiger partial charge in [-0.25, -0.2) is 9.37 Å². The van der Waals surface area contributed by atoms with Crippen LogP contribution in [0.2, 0.25) is 0 Å². The Morgan fingerprint density at radius 3 is 2.80 bits per heavy atom. The number of imidazole rings is 1. The van der Waals surface area contributed by atoms with E-state index in [0.717, 1.165) is 29.9 Å². The van der Waals surface area contributed by atoms with Crippen LogP contribution in [-0.2, 0) is 4.74 Å². The highest BCUT2D eigenvalue weighted by molar-refractivity contribution is 5.98. The number of morpholine rings is 1. The standard InChI is InChI=1S/C23H25FN4O2/c1-17-5-6-21(28-8-7-25-16-28)20(13-17)23(29)26-15-22(27-9-11-30-12-10-27)18-3-2-4-19(24)14-18/h2-8,13-14,16,22H,9-12,15H2,1H3,(H,26,29). The van der Waals surface area contributed by atoms with Gasteiger partial charge in [-0.15, -0.1) is 0 Å². The van der Waals surface area contributed by atoms with Crippen LogP contribution in [0.15, 0.2) is 61.2 Å². The van der Waals surface area contributed by atoms with Crippen LogP contribution in [0, 0.1) is 12.7 Å². The molecule has 1 aliphatic rings. The van der Waals surface area contributed by atoms with E-state index in [1.807, 2.05) is 42.0 Å². The highest BCUT2D eigenvalue weighted by Gasteiger charge is 2.24. The number of nitrogens with zero attached hydrogens (tertiary/aromatic N) is 3. The molecule has 1 fully saturated rings. The summed E-state index contributed by atoms with van der Waals surface area (Å²) < 4.78 is 21.2. The molecule has 0 aliphatic carbocycles. The Kier molecular flexibility index (Phi) is 6.21. The van der Waals surface area contributed by atoms with Crippen molar-refractivity contribution in [2.24, 2.45) is 0 Å². The number of carbonyl (C=O) groups is 1. The molecule has 1 amide bonds. The highest BCUT2D eigenvalue weighted by atomic mass is 19.1. The maximum atomic E-state index is 13.9. The molecular formula is C23H25FN4O2. The Morgan fingerprint density at radius 2 is 2.07 bits per heavy atom. The van der Waals surface area contributed by atoms with E-state index in [9.17, 15) is 9.18 Å². The van der Waals surface area contributed by atoms with Gasteiger partial charge in [0.15, 0.2) is 0 Å². The molecule has 1 aromatic heterocycles. The monoisotopic (exact) mass is 408 g/mol.